The van der Waals surface area contributed by atoms with Crippen LogP contribution in [0, 0.1) is 0 Å². The second-order valence-corrected chi connectivity index (χ2v) is 5.65. The summed E-state index contributed by atoms with van der Waals surface area (Å²) in [4.78, 5) is 4.81. The number of ether oxygens (including phenoxy) is 1. The Balaban J connectivity index is 1.91. The summed E-state index contributed by atoms with van der Waals surface area (Å²) in [5.74, 6) is 0.664. The van der Waals surface area contributed by atoms with Crippen LogP contribution in [-0.2, 0) is 0 Å². The van der Waals surface area contributed by atoms with Crippen molar-refractivity contribution >= 4 is 27.3 Å². The molecule has 1 unspecified atom stereocenters. The van der Waals surface area contributed by atoms with Gasteiger partial charge in [0.05, 0.1) is 9.98 Å². The Kier molecular flexibility index (Phi) is 3.93. The number of aliphatic hydroxyl groups is 1. The molecular formula is C11H10BrNO2S. The summed E-state index contributed by atoms with van der Waals surface area (Å²) < 4.78 is 6.41. The maximum atomic E-state index is 9.84. The quantitative estimate of drug-likeness (QED) is 0.944. The predicted octanol–water partition coefficient (Wildman–Crippen LogP) is 3.02. The van der Waals surface area contributed by atoms with E-state index >= 15 is 0 Å². The van der Waals surface area contributed by atoms with Gasteiger partial charge in [-0.2, -0.15) is 0 Å². The zero-order valence-corrected chi connectivity index (χ0v) is 10.7. The molecule has 5 heteroatoms. The van der Waals surface area contributed by atoms with Crippen molar-refractivity contribution in [3.05, 3.63) is 45.3 Å². The van der Waals surface area contributed by atoms with E-state index in [1.165, 1.54) is 11.3 Å². The molecule has 0 aliphatic rings. The topological polar surface area (TPSA) is 42.4 Å². The van der Waals surface area contributed by atoms with E-state index in [9.17, 15) is 5.11 Å². The molecule has 1 atom stereocenters. The van der Waals surface area contributed by atoms with Crippen LogP contribution in [0.4, 0.5) is 0 Å². The van der Waals surface area contributed by atoms with Gasteiger partial charge in [-0.3, -0.25) is 4.98 Å². The first kappa shape index (κ1) is 11.6. The molecule has 84 valence electrons. The molecule has 0 amide bonds. The standard InChI is InChI=1S/C11H10BrNO2S/c12-11-4-3-10(16-11)9(14)7-15-8-2-1-5-13-6-8/h1-6,9,14H,7H2. The number of rotatable bonds is 4. The number of aliphatic hydroxyl groups excluding tert-OH is 1. The number of halogens is 1. The molecule has 2 heterocycles. The van der Waals surface area contributed by atoms with Gasteiger partial charge in [-0.1, -0.05) is 0 Å². The molecule has 2 rings (SSSR count). The van der Waals surface area contributed by atoms with Crippen molar-refractivity contribution in [1.82, 2.24) is 4.98 Å². The monoisotopic (exact) mass is 299 g/mol. The molecule has 16 heavy (non-hydrogen) atoms. The van der Waals surface area contributed by atoms with Crippen LogP contribution in [0.1, 0.15) is 11.0 Å². The predicted molar refractivity (Wildman–Crippen MR) is 66.7 cm³/mol. The molecule has 0 radical (unpaired) electrons. The van der Waals surface area contributed by atoms with E-state index in [4.69, 9.17) is 4.74 Å². The van der Waals surface area contributed by atoms with Gasteiger partial charge < -0.3 is 9.84 Å². The Morgan fingerprint density at radius 1 is 1.44 bits per heavy atom. The highest BCUT2D eigenvalue weighted by atomic mass is 79.9. The molecule has 0 aliphatic carbocycles. The summed E-state index contributed by atoms with van der Waals surface area (Å²) in [5, 5.41) is 9.84. The lowest BCUT2D eigenvalue weighted by molar-refractivity contribution is 0.111. The third-order valence-corrected chi connectivity index (χ3v) is 3.69. The average Bonchev–Trinajstić information content (AvgIpc) is 2.74. The largest absolute Gasteiger partial charge is 0.489 e. The van der Waals surface area contributed by atoms with Crippen LogP contribution in [0.25, 0.3) is 0 Å². The lowest BCUT2D eigenvalue weighted by Crippen LogP contribution is -2.08. The molecule has 0 spiro atoms. The molecule has 2 aromatic heterocycles. The smallest absolute Gasteiger partial charge is 0.137 e. The van der Waals surface area contributed by atoms with Gasteiger partial charge in [-0.25, -0.2) is 0 Å². The molecular weight excluding hydrogens is 290 g/mol. The van der Waals surface area contributed by atoms with Crippen molar-refractivity contribution < 1.29 is 9.84 Å². The van der Waals surface area contributed by atoms with Gasteiger partial charge in [-0.05, 0) is 40.2 Å². The molecule has 0 aliphatic heterocycles. The second kappa shape index (κ2) is 5.43. The van der Waals surface area contributed by atoms with E-state index in [-0.39, 0.29) is 6.61 Å². The van der Waals surface area contributed by atoms with Crippen LogP contribution in [0.15, 0.2) is 40.4 Å². The van der Waals surface area contributed by atoms with Crippen molar-refractivity contribution in [2.45, 2.75) is 6.10 Å². The van der Waals surface area contributed by atoms with Crippen molar-refractivity contribution in [1.29, 1.82) is 0 Å². The summed E-state index contributed by atoms with van der Waals surface area (Å²) in [6, 6.07) is 7.40. The summed E-state index contributed by atoms with van der Waals surface area (Å²) in [6.45, 7) is 0.235. The van der Waals surface area contributed by atoms with E-state index in [2.05, 4.69) is 20.9 Å². The highest BCUT2D eigenvalue weighted by Gasteiger charge is 2.10. The summed E-state index contributed by atoms with van der Waals surface area (Å²) in [5.41, 5.74) is 0. The average molecular weight is 300 g/mol. The highest BCUT2D eigenvalue weighted by Crippen LogP contribution is 2.27. The number of aromatic nitrogens is 1. The third-order valence-electron chi connectivity index (χ3n) is 1.96. The molecule has 0 aromatic carbocycles. The zero-order chi connectivity index (χ0) is 11.4. The fourth-order valence-corrected chi connectivity index (χ4v) is 2.59. The van der Waals surface area contributed by atoms with Crippen LogP contribution in [0.2, 0.25) is 0 Å². The summed E-state index contributed by atoms with van der Waals surface area (Å²) in [7, 11) is 0. The van der Waals surface area contributed by atoms with E-state index < -0.39 is 6.10 Å². The van der Waals surface area contributed by atoms with Crippen molar-refractivity contribution in [3.63, 3.8) is 0 Å². The van der Waals surface area contributed by atoms with Gasteiger partial charge in [0.15, 0.2) is 0 Å². The number of hydrogen-bond acceptors (Lipinski definition) is 4. The Morgan fingerprint density at radius 2 is 2.31 bits per heavy atom. The molecule has 3 nitrogen and oxygen atoms in total. The second-order valence-electron chi connectivity index (χ2n) is 3.16. The van der Waals surface area contributed by atoms with E-state index in [0.717, 1.165) is 8.66 Å². The first-order chi connectivity index (χ1) is 7.75. The van der Waals surface area contributed by atoms with Crippen molar-refractivity contribution in [3.8, 4) is 5.75 Å². The molecule has 2 aromatic rings. The Hall–Kier alpha value is -0.910. The Morgan fingerprint density at radius 3 is 2.94 bits per heavy atom. The molecule has 0 fully saturated rings. The van der Waals surface area contributed by atoms with Gasteiger partial charge in [0.25, 0.3) is 0 Å². The number of thiophene rings is 1. The summed E-state index contributed by atoms with van der Waals surface area (Å²) >= 11 is 4.86. The normalized spacial score (nSPS) is 12.4. The highest BCUT2D eigenvalue weighted by molar-refractivity contribution is 9.11. The van der Waals surface area contributed by atoms with Crippen LogP contribution in [0.3, 0.4) is 0 Å². The number of hydrogen-bond donors (Lipinski definition) is 1. The fourth-order valence-electron chi connectivity index (χ4n) is 1.20. The van der Waals surface area contributed by atoms with E-state index in [0.29, 0.717) is 5.75 Å². The first-order valence-corrected chi connectivity index (χ1v) is 6.33. The van der Waals surface area contributed by atoms with Gasteiger partial charge in [-0.15, -0.1) is 11.3 Å². The van der Waals surface area contributed by atoms with Crippen LogP contribution in [0.5, 0.6) is 5.75 Å². The van der Waals surface area contributed by atoms with Crippen LogP contribution < -0.4 is 4.74 Å². The fraction of sp³-hybridized carbons (Fsp3) is 0.182. The van der Waals surface area contributed by atoms with Crippen LogP contribution in [-0.4, -0.2) is 16.7 Å². The summed E-state index contributed by atoms with van der Waals surface area (Å²) in [6.07, 6.45) is 2.70. The zero-order valence-electron chi connectivity index (χ0n) is 8.34. The first-order valence-electron chi connectivity index (χ1n) is 4.72. The minimum Gasteiger partial charge on any atom is -0.489 e. The maximum Gasteiger partial charge on any atom is 0.137 e. The van der Waals surface area contributed by atoms with Crippen LogP contribution >= 0.6 is 27.3 Å². The van der Waals surface area contributed by atoms with E-state index in [1.807, 2.05) is 18.2 Å². The Bertz CT molecular complexity index is 446. The minimum atomic E-state index is -0.600. The maximum absolute atomic E-state index is 9.84. The van der Waals surface area contributed by atoms with Gasteiger partial charge in [0.1, 0.15) is 18.5 Å². The van der Waals surface area contributed by atoms with Gasteiger partial charge in [0.2, 0.25) is 0 Å². The van der Waals surface area contributed by atoms with Gasteiger partial charge >= 0.3 is 0 Å². The van der Waals surface area contributed by atoms with E-state index in [1.54, 1.807) is 18.5 Å². The van der Waals surface area contributed by atoms with Gasteiger partial charge in [0, 0.05) is 11.1 Å². The molecule has 0 saturated heterocycles. The lowest BCUT2D eigenvalue weighted by Gasteiger charge is -2.10. The molecule has 1 N–H and O–H groups in total. The number of pyridine rings is 1. The molecule has 0 bridgehead atoms. The SMILES string of the molecule is OC(COc1cccnc1)c1ccc(Br)s1. The third kappa shape index (κ3) is 3.04. The minimum absolute atomic E-state index is 0.235. The van der Waals surface area contributed by atoms with Crippen molar-refractivity contribution in [2.24, 2.45) is 0 Å². The lowest BCUT2D eigenvalue weighted by atomic mass is 10.3. The van der Waals surface area contributed by atoms with Crippen molar-refractivity contribution in [2.75, 3.05) is 6.61 Å². The molecule has 0 saturated carbocycles. The Labute approximate surface area is 106 Å². The number of nitrogens with zero attached hydrogens (tertiary/aromatic N) is 1.